The minimum absolute atomic E-state index is 0.224. The van der Waals surface area contributed by atoms with Crippen molar-refractivity contribution in [2.24, 2.45) is 0 Å². The van der Waals surface area contributed by atoms with Crippen molar-refractivity contribution in [2.75, 3.05) is 5.32 Å². The molecule has 126 valence electrons. The number of nitrogens with zero attached hydrogens (tertiary/aromatic N) is 3. The molecule has 0 unspecified atom stereocenters. The number of carbonyl (C=O) groups is 1. The smallest absolute Gasteiger partial charge is 0.270 e. The molecule has 1 aromatic carbocycles. The molecule has 0 aliphatic carbocycles. The van der Waals surface area contributed by atoms with Crippen molar-refractivity contribution in [3.05, 3.63) is 83.7 Å². The van der Waals surface area contributed by atoms with Crippen LogP contribution in [-0.4, -0.2) is 20.9 Å². The molecule has 3 rings (SSSR count). The van der Waals surface area contributed by atoms with Gasteiger partial charge in [0.15, 0.2) is 0 Å². The van der Waals surface area contributed by atoms with Gasteiger partial charge in [0.1, 0.15) is 11.5 Å². The molecule has 1 amide bonds. The first-order chi connectivity index (χ1) is 12.2. The molecule has 7 heteroatoms. The Labute approximate surface area is 144 Å². The first-order valence-electron chi connectivity index (χ1n) is 7.71. The summed E-state index contributed by atoms with van der Waals surface area (Å²) in [5.41, 5.74) is 1.47. The van der Waals surface area contributed by atoms with Crippen molar-refractivity contribution in [1.29, 1.82) is 0 Å². The van der Waals surface area contributed by atoms with E-state index in [0.717, 1.165) is 5.69 Å². The Balaban J connectivity index is 1.61. The quantitative estimate of drug-likeness (QED) is 0.723. The van der Waals surface area contributed by atoms with E-state index < -0.39 is 0 Å². The van der Waals surface area contributed by atoms with Crippen molar-refractivity contribution < 1.29 is 9.18 Å². The Hall–Kier alpha value is -3.35. The Morgan fingerprint density at radius 1 is 0.960 bits per heavy atom. The number of hydrogen-bond donors (Lipinski definition) is 2. The van der Waals surface area contributed by atoms with Crippen LogP contribution in [0.25, 0.3) is 0 Å². The number of amides is 1. The van der Waals surface area contributed by atoms with Crippen molar-refractivity contribution >= 4 is 11.9 Å². The van der Waals surface area contributed by atoms with E-state index in [-0.39, 0.29) is 29.9 Å². The van der Waals surface area contributed by atoms with Crippen LogP contribution in [-0.2, 0) is 13.1 Å². The zero-order valence-electron chi connectivity index (χ0n) is 13.3. The second kappa shape index (κ2) is 7.96. The number of carbonyl (C=O) groups excluding carboxylic acids is 1. The summed E-state index contributed by atoms with van der Waals surface area (Å²) in [6.45, 7) is 0.535. The normalized spacial score (nSPS) is 10.3. The maximum atomic E-state index is 13.6. The van der Waals surface area contributed by atoms with Gasteiger partial charge in [0, 0.05) is 24.5 Å². The van der Waals surface area contributed by atoms with E-state index in [0.29, 0.717) is 12.1 Å². The Kier molecular flexibility index (Phi) is 5.26. The first kappa shape index (κ1) is 16.5. The van der Waals surface area contributed by atoms with Gasteiger partial charge in [0.25, 0.3) is 5.91 Å². The summed E-state index contributed by atoms with van der Waals surface area (Å²) in [5.74, 6) is -0.380. The second-order valence-electron chi connectivity index (χ2n) is 5.21. The lowest BCUT2D eigenvalue weighted by atomic mass is 10.2. The van der Waals surface area contributed by atoms with Gasteiger partial charge in [-0.05, 0) is 24.3 Å². The summed E-state index contributed by atoms with van der Waals surface area (Å²) < 4.78 is 13.6. The van der Waals surface area contributed by atoms with Gasteiger partial charge in [-0.25, -0.2) is 14.4 Å². The van der Waals surface area contributed by atoms with Crippen LogP contribution in [0.15, 0.2) is 60.9 Å². The van der Waals surface area contributed by atoms with Crippen molar-refractivity contribution in [3.8, 4) is 0 Å². The first-order valence-corrected chi connectivity index (χ1v) is 7.71. The van der Waals surface area contributed by atoms with Crippen molar-refractivity contribution in [3.63, 3.8) is 0 Å². The highest BCUT2D eigenvalue weighted by atomic mass is 19.1. The summed E-state index contributed by atoms with van der Waals surface area (Å²) in [6, 6.07) is 13.4. The van der Waals surface area contributed by atoms with Gasteiger partial charge in [0.05, 0.1) is 12.2 Å². The average Bonchev–Trinajstić information content (AvgIpc) is 2.66. The third-order valence-electron chi connectivity index (χ3n) is 3.44. The SMILES string of the molecule is O=C(NCc1ccccn1)c1ccnc(NCc2ccccc2F)n1. The minimum Gasteiger partial charge on any atom is -0.350 e. The van der Waals surface area contributed by atoms with Gasteiger partial charge in [0.2, 0.25) is 5.95 Å². The zero-order valence-corrected chi connectivity index (χ0v) is 13.3. The fourth-order valence-electron chi connectivity index (χ4n) is 2.15. The van der Waals surface area contributed by atoms with Gasteiger partial charge in [-0.15, -0.1) is 0 Å². The number of benzene rings is 1. The van der Waals surface area contributed by atoms with Crippen LogP contribution in [0, 0.1) is 5.82 Å². The molecule has 0 saturated heterocycles. The monoisotopic (exact) mass is 337 g/mol. The predicted octanol–water partition coefficient (Wildman–Crippen LogP) is 2.55. The number of anilines is 1. The van der Waals surface area contributed by atoms with E-state index in [4.69, 9.17) is 0 Å². The fraction of sp³-hybridized carbons (Fsp3) is 0.111. The van der Waals surface area contributed by atoms with Gasteiger partial charge in [-0.2, -0.15) is 0 Å². The topological polar surface area (TPSA) is 79.8 Å². The third kappa shape index (κ3) is 4.57. The molecule has 0 atom stereocenters. The van der Waals surface area contributed by atoms with Gasteiger partial charge in [-0.3, -0.25) is 9.78 Å². The zero-order chi connectivity index (χ0) is 17.5. The second-order valence-corrected chi connectivity index (χ2v) is 5.21. The summed E-state index contributed by atoms with van der Waals surface area (Å²) in [6.07, 6.45) is 3.14. The highest BCUT2D eigenvalue weighted by Gasteiger charge is 2.09. The molecule has 0 aliphatic rings. The molecule has 2 aromatic heterocycles. The standard InChI is InChI=1S/C18H16FN5O/c19-15-7-2-1-5-13(15)11-23-18-21-10-8-16(24-18)17(25)22-12-14-6-3-4-9-20-14/h1-10H,11-12H2,(H,22,25)(H,21,23,24). The average molecular weight is 337 g/mol. The highest BCUT2D eigenvalue weighted by molar-refractivity contribution is 5.92. The summed E-state index contributed by atoms with van der Waals surface area (Å²) >= 11 is 0. The van der Waals surface area contributed by atoms with E-state index in [1.165, 1.54) is 18.3 Å². The summed E-state index contributed by atoms with van der Waals surface area (Å²) in [4.78, 5) is 24.5. The maximum Gasteiger partial charge on any atom is 0.270 e. The van der Waals surface area contributed by atoms with Crippen LogP contribution >= 0.6 is 0 Å². The Bertz CT molecular complexity index is 857. The molecule has 2 heterocycles. The Morgan fingerprint density at radius 2 is 1.80 bits per heavy atom. The van der Waals surface area contributed by atoms with Crippen LogP contribution < -0.4 is 10.6 Å². The lowest BCUT2D eigenvalue weighted by Crippen LogP contribution is -2.24. The lowest BCUT2D eigenvalue weighted by Gasteiger charge is -2.08. The predicted molar refractivity (Wildman–Crippen MR) is 91.2 cm³/mol. The van der Waals surface area contributed by atoms with Crippen LogP contribution in [0.1, 0.15) is 21.7 Å². The summed E-state index contributed by atoms with van der Waals surface area (Å²) in [5, 5.41) is 5.66. The molecular formula is C18H16FN5O. The number of halogens is 1. The molecule has 3 aromatic rings. The Morgan fingerprint density at radius 3 is 2.60 bits per heavy atom. The lowest BCUT2D eigenvalue weighted by molar-refractivity contribution is 0.0945. The van der Waals surface area contributed by atoms with Crippen molar-refractivity contribution in [1.82, 2.24) is 20.3 Å². The van der Waals surface area contributed by atoms with Crippen LogP contribution in [0.3, 0.4) is 0 Å². The van der Waals surface area contributed by atoms with Crippen LogP contribution in [0.2, 0.25) is 0 Å². The van der Waals surface area contributed by atoms with Crippen LogP contribution in [0.4, 0.5) is 10.3 Å². The minimum atomic E-state index is -0.331. The van der Waals surface area contributed by atoms with E-state index in [1.54, 1.807) is 24.4 Å². The molecule has 6 nitrogen and oxygen atoms in total. The maximum absolute atomic E-state index is 13.6. The highest BCUT2D eigenvalue weighted by Crippen LogP contribution is 2.09. The molecule has 25 heavy (non-hydrogen) atoms. The van der Waals surface area contributed by atoms with E-state index >= 15 is 0 Å². The van der Waals surface area contributed by atoms with E-state index in [2.05, 4.69) is 25.6 Å². The number of rotatable bonds is 6. The largest absolute Gasteiger partial charge is 0.350 e. The number of aromatic nitrogens is 3. The van der Waals surface area contributed by atoms with E-state index in [9.17, 15) is 9.18 Å². The molecule has 0 fully saturated rings. The number of pyridine rings is 1. The molecule has 0 spiro atoms. The van der Waals surface area contributed by atoms with Gasteiger partial charge in [-0.1, -0.05) is 24.3 Å². The molecule has 0 saturated carbocycles. The summed E-state index contributed by atoms with van der Waals surface area (Å²) in [7, 11) is 0. The van der Waals surface area contributed by atoms with E-state index in [1.807, 2.05) is 18.2 Å². The molecule has 2 N–H and O–H groups in total. The molecule has 0 radical (unpaired) electrons. The number of hydrogen-bond acceptors (Lipinski definition) is 5. The van der Waals surface area contributed by atoms with Gasteiger partial charge >= 0.3 is 0 Å². The molecule has 0 aliphatic heterocycles. The third-order valence-corrected chi connectivity index (χ3v) is 3.44. The van der Waals surface area contributed by atoms with Crippen molar-refractivity contribution in [2.45, 2.75) is 13.1 Å². The van der Waals surface area contributed by atoms with Gasteiger partial charge < -0.3 is 10.6 Å². The molecular weight excluding hydrogens is 321 g/mol. The molecule has 0 bridgehead atoms. The van der Waals surface area contributed by atoms with Crippen LogP contribution in [0.5, 0.6) is 0 Å². The fourth-order valence-corrected chi connectivity index (χ4v) is 2.15. The number of nitrogens with one attached hydrogen (secondary N) is 2.